The fraction of sp³-hybridized carbons (Fsp3) is 0.462. The smallest absolute Gasteiger partial charge is 0.271 e. The molecular weight excluding hydrogens is 294 g/mol. The molecule has 2 aromatic heterocycles. The molecule has 5 nitrogen and oxygen atoms in total. The molecule has 20 heavy (non-hydrogen) atoms. The lowest BCUT2D eigenvalue weighted by Crippen LogP contribution is -2.27. The SMILES string of the molecule is Cn1c(SCC(=O)NCC2CC2)nc2ccsc2c1=O. The van der Waals surface area contributed by atoms with Crippen LogP contribution in [-0.2, 0) is 11.8 Å². The molecule has 1 aliphatic rings. The van der Waals surface area contributed by atoms with E-state index in [9.17, 15) is 9.59 Å². The number of hydrogen-bond acceptors (Lipinski definition) is 5. The first kappa shape index (κ1) is 13.6. The first-order valence-corrected chi connectivity index (χ1v) is 8.35. The minimum Gasteiger partial charge on any atom is -0.355 e. The molecule has 1 saturated carbocycles. The van der Waals surface area contributed by atoms with Gasteiger partial charge in [-0.1, -0.05) is 11.8 Å². The Morgan fingerprint density at radius 3 is 3.15 bits per heavy atom. The number of aromatic nitrogens is 2. The van der Waals surface area contributed by atoms with Crippen LogP contribution in [0.1, 0.15) is 12.8 Å². The van der Waals surface area contributed by atoms with Crippen molar-refractivity contribution in [3.05, 3.63) is 21.8 Å². The van der Waals surface area contributed by atoms with Crippen LogP contribution < -0.4 is 10.9 Å². The molecule has 0 radical (unpaired) electrons. The van der Waals surface area contributed by atoms with Crippen LogP contribution in [0.3, 0.4) is 0 Å². The highest BCUT2D eigenvalue weighted by atomic mass is 32.2. The summed E-state index contributed by atoms with van der Waals surface area (Å²) in [6, 6.07) is 1.83. The van der Waals surface area contributed by atoms with E-state index in [0.717, 1.165) is 6.54 Å². The maximum absolute atomic E-state index is 12.1. The topological polar surface area (TPSA) is 64.0 Å². The average Bonchev–Trinajstić information content (AvgIpc) is 3.15. The summed E-state index contributed by atoms with van der Waals surface area (Å²) in [5.41, 5.74) is 0.657. The van der Waals surface area contributed by atoms with Crippen LogP contribution in [0.2, 0.25) is 0 Å². The highest BCUT2D eigenvalue weighted by molar-refractivity contribution is 7.99. The van der Waals surface area contributed by atoms with E-state index in [1.807, 2.05) is 11.4 Å². The van der Waals surface area contributed by atoms with Crippen molar-refractivity contribution in [3.63, 3.8) is 0 Å². The fourth-order valence-electron chi connectivity index (χ4n) is 1.86. The van der Waals surface area contributed by atoms with Crippen molar-refractivity contribution in [2.75, 3.05) is 12.3 Å². The molecule has 1 amide bonds. The van der Waals surface area contributed by atoms with Gasteiger partial charge in [0.15, 0.2) is 5.16 Å². The zero-order valence-corrected chi connectivity index (χ0v) is 12.7. The molecule has 0 aliphatic heterocycles. The molecule has 2 aromatic rings. The van der Waals surface area contributed by atoms with Gasteiger partial charge in [0.25, 0.3) is 5.56 Å². The molecule has 2 heterocycles. The maximum atomic E-state index is 12.1. The largest absolute Gasteiger partial charge is 0.355 e. The Labute approximate surface area is 124 Å². The van der Waals surface area contributed by atoms with Crippen LogP contribution in [0, 0.1) is 5.92 Å². The number of thioether (sulfide) groups is 1. The molecule has 0 bridgehead atoms. The van der Waals surface area contributed by atoms with Crippen molar-refractivity contribution in [2.24, 2.45) is 13.0 Å². The van der Waals surface area contributed by atoms with Crippen LogP contribution in [0.4, 0.5) is 0 Å². The molecule has 1 N–H and O–H groups in total. The lowest BCUT2D eigenvalue weighted by Gasteiger charge is -2.07. The van der Waals surface area contributed by atoms with Crippen LogP contribution in [0.5, 0.6) is 0 Å². The van der Waals surface area contributed by atoms with Gasteiger partial charge in [0.1, 0.15) is 4.70 Å². The Kier molecular flexibility index (Phi) is 3.80. The Balaban J connectivity index is 1.68. The van der Waals surface area contributed by atoms with Gasteiger partial charge in [-0.25, -0.2) is 4.98 Å². The maximum Gasteiger partial charge on any atom is 0.271 e. The lowest BCUT2D eigenvalue weighted by molar-refractivity contribution is -0.118. The number of carbonyl (C=O) groups is 1. The van der Waals surface area contributed by atoms with Gasteiger partial charge in [0.2, 0.25) is 5.91 Å². The number of amides is 1. The van der Waals surface area contributed by atoms with Crippen molar-refractivity contribution in [1.82, 2.24) is 14.9 Å². The van der Waals surface area contributed by atoms with E-state index in [-0.39, 0.29) is 11.5 Å². The molecule has 0 spiro atoms. The van der Waals surface area contributed by atoms with Gasteiger partial charge in [-0.15, -0.1) is 11.3 Å². The van der Waals surface area contributed by atoms with Crippen LogP contribution >= 0.6 is 23.1 Å². The highest BCUT2D eigenvalue weighted by Gasteiger charge is 2.21. The zero-order chi connectivity index (χ0) is 14.1. The molecule has 1 fully saturated rings. The third-order valence-electron chi connectivity index (χ3n) is 3.26. The second-order valence-electron chi connectivity index (χ2n) is 4.93. The summed E-state index contributed by atoms with van der Waals surface area (Å²) in [6.45, 7) is 0.773. The van der Waals surface area contributed by atoms with Gasteiger partial charge in [-0.3, -0.25) is 14.2 Å². The van der Waals surface area contributed by atoms with Crippen molar-refractivity contribution in [2.45, 2.75) is 18.0 Å². The Hall–Kier alpha value is -1.34. The monoisotopic (exact) mass is 309 g/mol. The second kappa shape index (κ2) is 5.57. The van der Waals surface area contributed by atoms with Crippen molar-refractivity contribution < 1.29 is 4.79 Å². The van der Waals surface area contributed by atoms with E-state index >= 15 is 0 Å². The molecule has 0 unspecified atom stereocenters. The van der Waals surface area contributed by atoms with E-state index < -0.39 is 0 Å². The number of carbonyl (C=O) groups excluding carboxylic acids is 1. The van der Waals surface area contributed by atoms with Crippen molar-refractivity contribution >= 4 is 39.2 Å². The van der Waals surface area contributed by atoms with Crippen molar-refractivity contribution in [3.8, 4) is 0 Å². The molecule has 106 valence electrons. The molecule has 0 saturated heterocycles. The minimum absolute atomic E-state index is 0.00145. The average molecular weight is 309 g/mol. The minimum atomic E-state index is -0.0501. The number of nitrogens with one attached hydrogen (secondary N) is 1. The van der Waals surface area contributed by atoms with Gasteiger partial charge in [-0.05, 0) is 30.2 Å². The van der Waals surface area contributed by atoms with Crippen LogP contribution in [-0.4, -0.2) is 27.8 Å². The first-order valence-electron chi connectivity index (χ1n) is 6.49. The Morgan fingerprint density at radius 1 is 1.60 bits per heavy atom. The van der Waals surface area contributed by atoms with E-state index in [0.29, 0.717) is 27.0 Å². The molecule has 7 heteroatoms. The summed E-state index contributed by atoms with van der Waals surface area (Å²) >= 11 is 2.70. The summed E-state index contributed by atoms with van der Waals surface area (Å²) < 4.78 is 2.17. The zero-order valence-electron chi connectivity index (χ0n) is 11.1. The molecule has 0 aromatic carbocycles. The van der Waals surface area contributed by atoms with E-state index in [2.05, 4.69) is 10.3 Å². The third kappa shape index (κ3) is 2.88. The Morgan fingerprint density at radius 2 is 2.40 bits per heavy atom. The molecule has 3 rings (SSSR count). The van der Waals surface area contributed by atoms with Gasteiger partial charge in [-0.2, -0.15) is 0 Å². The molecular formula is C13H15N3O2S2. The fourth-order valence-corrected chi connectivity index (χ4v) is 3.47. The number of hydrogen-bond donors (Lipinski definition) is 1. The molecule has 0 atom stereocenters. The number of thiophene rings is 1. The predicted molar refractivity (Wildman–Crippen MR) is 81.3 cm³/mol. The van der Waals surface area contributed by atoms with E-state index in [1.54, 1.807) is 7.05 Å². The quantitative estimate of drug-likeness (QED) is 0.673. The summed E-state index contributed by atoms with van der Waals surface area (Å²) in [4.78, 5) is 28.2. The number of rotatable bonds is 5. The Bertz CT molecular complexity index is 703. The first-order chi connectivity index (χ1) is 9.65. The summed E-state index contributed by atoms with van der Waals surface area (Å²) in [5.74, 6) is 0.970. The van der Waals surface area contributed by atoms with Gasteiger partial charge >= 0.3 is 0 Å². The standard InChI is InChI=1S/C13H15N3O2S2/c1-16-12(18)11-9(4-5-19-11)15-13(16)20-7-10(17)14-6-8-2-3-8/h4-5,8H,2-3,6-7H2,1H3,(H,14,17). The van der Waals surface area contributed by atoms with Gasteiger partial charge < -0.3 is 5.32 Å². The second-order valence-corrected chi connectivity index (χ2v) is 6.79. The molecule has 1 aliphatic carbocycles. The van der Waals surface area contributed by atoms with Gasteiger partial charge in [0, 0.05) is 13.6 Å². The van der Waals surface area contributed by atoms with Crippen molar-refractivity contribution in [1.29, 1.82) is 0 Å². The van der Waals surface area contributed by atoms with Crippen LogP contribution in [0.15, 0.2) is 21.4 Å². The summed E-state index contributed by atoms with van der Waals surface area (Å²) in [7, 11) is 1.69. The number of fused-ring (bicyclic) bond motifs is 1. The van der Waals surface area contributed by atoms with E-state index in [4.69, 9.17) is 0 Å². The highest BCUT2D eigenvalue weighted by Crippen LogP contribution is 2.27. The van der Waals surface area contributed by atoms with Gasteiger partial charge in [0.05, 0.1) is 11.3 Å². The lowest BCUT2D eigenvalue weighted by atomic mass is 10.4. The third-order valence-corrected chi connectivity index (χ3v) is 5.19. The van der Waals surface area contributed by atoms with E-state index in [1.165, 1.54) is 40.5 Å². The summed E-state index contributed by atoms with van der Waals surface area (Å²) in [5, 5.41) is 5.35. The van der Waals surface area contributed by atoms with Crippen LogP contribution in [0.25, 0.3) is 10.2 Å². The normalized spacial score (nSPS) is 14.7. The summed E-state index contributed by atoms with van der Waals surface area (Å²) in [6.07, 6.45) is 2.44. The predicted octanol–water partition coefficient (Wildman–Crippen LogP) is 1.61. The number of nitrogens with zero attached hydrogens (tertiary/aromatic N) is 2.